The fourth-order valence-electron chi connectivity index (χ4n) is 3.22. The molecule has 1 aliphatic rings. The molecule has 6 nitrogen and oxygen atoms in total. The fourth-order valence-corrected chi connectivity index (χ4v) is 4.11. The average Bonchev–Trinajstić information content (AvgIpc) is 2.69. The van der Waals surface area contributed by atoms with Crippen LogP contribution in [0.5, 0.6) is 0 Å². The molecule has 0 unspecified atom stereocenters. The summed E-state index contributed by atoms with van der Waals surface area (Å²) in [6.45, 7) is 3.18. The van der Waals surface area contributed by atoms with Gasteiger partial charge in [-0.15, -0.1) is 0 Å². The molecule has 28 heavy (non-hydrogen) atoms. The van der Waals surface area contributed by atoms with Gasteiger partial charge in [0, 0.05) is 36.5 Å². The molecule has 0 aromatic heterocycles. The van der Waals surface area contributed by atoms with Gasteiger partial charge in [-0.25, -0.2) is 8.42 Å². The number of amides is 1. The molecule has 0 saturated carbocycles. The Morgan fingerprint density at radius 2 is 1.79 bits per heavy atom. The second-order valence-corrected chi connectivity index (χ2v) is 9.12. The third-order valence-electron chi connectivity index (χ3n) is 4.75. The van der Waals surface area contributed by atoms with Crippen LogP contribution in [-0.2, 0) is 14.6 Å². The number of carbonyl (C=O) groups excluding carboxylic acids is 1. The standard InChI is InChI=1S/C20H23ClN2O4S/c1-28(25,26)16-8-6-15(7-9-16)20(24)22-14-19(23-10-12-27-13-11-23)17-4-2-3-5-18(17)21/h2-9,19H,10-14H2,1H3,(H,22,24)/t19-/m1/s1. The smallest absolute Gasteiger partial charge is 0.251 e. The van der Waals surface area contributed by atoms with Crippen molar-refractivity contribution in [2.45, 2.75) is 10.9 Å². The lowest BCUT2D eigenvalue weighted by molar-refractivity contribution is 0.0162. The molecule has 2 aromatic rings. The molecule has 1 amide bonds. The van der Waals surface area contributed by atoms with E-state index in [0.717, 1.165) is 24.9 Å². The lowest BCUT2D eigenvalue weighted by Gasteiger charge is -2.35. The number of halogens is 1. The van der Waals surface area contributed by atoms with Gasteiger partial charge in [-0.1, -0.05) is 29.8 Å². The summed E-state index contributed by atoms with van der Waals surface area (Å²) in [5.74, 6) is -0.259. The quantitative estimate of drug-likeness (QED) is 0.774. The van der Waals surface area contributed by atoms with Gasteiger partial charge in [-0.2, -0.15) is 0 Å². The monoisotopic (exact) mass is 422 g/mol. The number of carbonyl (C=O) groups is 1. The number of hydrogen-bond acceptors (Lipinski definition) is 5. The zero-order valence-corrected chi connectivity index (χ0v) is 17.2. The van der Waals surface area contributed by atoms with Crippen LogP contribution in [0.15, 0.2) is 53.4 Å². The number of benzene rings is 2. The Kier molecular flexibility index (Phi) is 6.72. The molecule has 1 aliphatic heterocycles. The molecule has 150 valence electrons. The van der Waals surface area contributed by atoms with Gasteiger partial charge in [0.15, 0.2) is 9.84 Å². The van der Waals surface area contributed by atoms with Crippen molar-refractivity contribution in [3.05, 3.63) is 64.7 Å². The second-order valence-electron chi connectivity index (χ2n) is 6.69. The lowest BCUT2D eigenvalue weighted by Crippen LogP contribution is -2.44. The molecule has 0 bridgehead atoms. The van der Waals surface area contributed by atoms with E-state index < -0.39 is 9.84 Å². The molecule has 2 aromatic carbocycles. The molecular weight excluding hydrogens is 400 g/mol. The van der Waals surface area contributed by atoms with Gasteiger partial charge in [0.05, 0.1) is 24.2 Å². The lowest BCUT2D eigenvalue weighted by atomic mass is 10.0. The highest BCUT2D eigenvalue weighted by atomic mass is 35.5. The first kappa shape index (κ1) is 20.8. The summed E-state index contributed by atoms with van der Waals surface area (Å²) < 4.78 is 28.6. The zero-order valence-electron chi connectivity index (χ0n) is 15.6. The highest BCUT2D eigenvalue weighted by Crippen LogP contribution is 2.27. The van der Waals surface area contributed by atoms with Crippen molar-refractivity contribution in [3.8, 4) is 0 Å². The van der Waals surface area contributed by atoms with Gasteiger partial charge in [0.25, 0.3) is 5.91 Å². The predicted octanol–water partition coefficient (Wildman–Crippen LogP) is 2.55. The van der Waals surface area contributed by atoms with E-state index in [4.69, 9.17) is 16.3 Å². The maximum atomic E-state index is 12.6. The summed E-state index contributed by atoms with van der Waals surface area (Å²) in [5.41, 5.74) is 1.37. The number of nitrogens with one attached hydrogen (secondary N) is 1. The SMILES string of the molecule is CS(=O)(=O)c1ccc(C(=O)NC[C@H](c2ccccc2Cl)N2CCOCC2)cc1. The van der Waals surface area contributed by atoms with Crippen molar-refractivity contribution >= 4 is 27.3 Å². The molecule has 1 atom stereocenters. The van der Waals surface area contributed by atoms with Crippen molar-refractivity contribution < 1.29 is 17.9 Å². The Labute approximate surface area is 170 Å². The van der Waals surface area contributed by atoms with Gasteiger partial charge in [0.2, 0.25) is 0 Å². The number of rotatable bonds is 6. The molecule has 8 heteroatoms. The number of sulfone groups is 1. The van der Waals surface area contributed by atoms with Crippen molar-refractivity contribution in [1.82, 2.24) is 10.2 Å². The van der Waals surface area contributed by atoms with Crippen LogP contribution in [0, 0.1) is 0 Å². The van der Waals surface area contributed by atoms with Crippen LogP contribution in [-0.4, -0.2) is 58.3 Å². The largest absolute Gasteiger partial charge is 0.379 e. The van der Waals surface area contributed by atoms with E-state index in [1.54, 1.807) is 0 Å². The van der Waals surface area contributed by atoms with E-state index >= 15 is 0 Å². The second kappa shape index (κ2) is 9.05. The molecule has 0 spiro atoms. The van der Waals surface area contributed by atoms with Crippen LogP contribution in [0.25, 0.3) is 0 Å². The van der Waals surface area contributed by atoms with Crippen LogP contribution in [0.2, 0.25) is 5.02 Å². The summed E-state index contributed by atoms with van der Waals surface area (Å²) in [6, 6.07) is 13.5. The number of hydrogen-bond donors (Lipinski definition) is 1. The molecule has 1 saturated heterocycles. The third kappa shape index (κ3) is 5.11. The van der Waals surface area contributed by atoms with Gasteiger partial charge in [-0.3, -0.25) is 9.69 Å². The van der Waals surface area contributed by atoms with E-state index in [9.17, 15) is 13.2 Å². The molecular formula is C20H23ClN2O4S. The highest BCUT2D eigenvalue weighted by Gasteiger charge is 2.25. The molecule has 0 radical (unpaired) electrons. The Morgan fingerprint density at radius 1 is 1.14 bits per heavy atom. The van der Waals surface area contributed by atoms with Gasteiger partial charge in [0.1, 0.15) is 0 Å². The number of morpholine rings is 1. The van der Waals surface area contributed by atoms with Crippen LogP contribution in [0.4, 0.5) is 0 Å². The summed E-state index contributed by atoms with van der Waals surface area (Å²) >= 11 is 6.40. The minimum absolute atomic E-state index is 0.0724. The zero-order chi connectivity index (χ0) is 20.1. The van der Waals surface area contributed by atoms with Crippen molar-refractivity contribution in [2.75, 3.05) is 39.1 Å². The first-order valence-electron chi connectivity index (χ1n) is 9.01. The van der Waals surface area contributed by atoms with E-state index in [1.165, 1.54) is 24.3 Å². The van der Waals surface area contributed by atoms with Crippen molar-refractivity contribution in [1.29, 1.82) is 0 Å². The molecule has 1 fully saturated rings. The number of ether oxygens (including phenoxy) is 1. The Hall–Kier alpha value is -1.93. The van der Waals surface area contributed by atoms with E-state index in [0.29, 0.717) is 30.3 Å². The van der Waals surface area contributed by atoms with E-state index in [2.05, 4.69) is 10.2 Å². The van der Waals surface area contributed by atoms with Crippen LogP contribution < -0.4 is 5.32 Å². The first-order valence-corrected chi connectivity index (χ1v) is 11.3. The van der Waals surface area contributed by atoms with E-state index in [-0.39, 0.29) is 16.8 Å². The Bertz CT molecular complexity index is 925. The molecule has 1 N–H and O–H groups in total. The normalized spacial score (nSPS) is 16.5. The van der Waals surface area contributed by atoms with Crippen LogP contribution >= 0.6 is 11.6 Å². The van der Waals surface area contributed by atoms with Gasteiger partial charge >= 0.3 is 0 Å². The molecule has 1 heterocycles. The van der Waals surface area contributed by atoms with Gasteiger partial charge < -0.3 is 10.1 Å². The molecule has 0 aliphatic carbocycles. The minimum Gasteiger partial charge on any atom is -0.379 e. The van der Waals surface area contributed by atoms with Crippen LogP contribution in [0.1, 0.15) is 22.0 Å². The minimum atomic E-state index is -3.29. The molecule has 3 rings (SSSR count). The summed E-state index contributed by atoms with van der Waals surface area (Å²) in [7, 11) is -3.29. The summed E-state index contributed by atoms with van der Waals surface area (Å²) in [4.78, 5) is 15.0. The van der Waals surface area contributed by atoms with Crippen molar-refractivity contribution in [3.63, 3.8) is 0 Å². The fraction of sp³-hybridized carbons (Fsp3) is 0.350. The van der Waals surface area contributed by atoms with Gasteiger partial charge in [-0.05, 0) is 35.9 Å². The predicted molar refractivity (Wildman–Crippen MR) is 108 cm³/mol. The topological polar surface area (TPSA) is 75.7 Å². The number of nitrogens with zero attached hydrogens (tertiary/aromatic N) is 1. The average molecular weight is 423 g/mol. The Balaban J connectivity index is 1.74. The third-order valence-corrected chi connectivity index (χ3v) is 6.22. The van der Waals surface area contributed by atoms with Crippen molar-refractivity contribution in [2.24, 2.45) is 0 Å². The maximum absolute atomic E-state index is 12.6. The van der Waals surface area contributed by atoms with E-state index in [1.807, 2.05) is 24.3 Å². The van der Waals surface area contributed by atoms with Crippen LogP contribution in [0.3, 0.4) is 0 Å². The summed E-state index contributed by atoms with van der Waals surface area (Å²) in [6.07, 6.45) is 1.14. The maximum Gasteiger partial charge on any atom is 0.251 e. The first-order chi connectivity index (χ1) is 13.4. The Morgan fingerprint density at radius 3 is 2.39 bits per heavy atom. The summed E-state index contributed by atoms with van der Waals surface area (Å²) in [5, 5.41) is 3.61. The highest BCUT2D eigenvalue weighted by molar-refractivity contribution is 7.90.